The van der Waals surface area contributed by atoms with E-state index >= 15 is 0 Å². The number of hydrogen-bond donors (Lipinski definition) is 2. The highest BCUT2D eigenvalue weighted by molar-refractivity contribution is 7.89. The van der Waals surface area contributed by atoms with Gasteiger partial charge in [-0.1, -0.05) is 24.6 Å². The van der Waals surface area contributed by atoms with Gasteiger partial charge in [-0.05, 0) is 18.6 Å². The number of nitrogens with zero attached hydrogens (tertiary/aromatic N) is 1. The zero-order valence-electron chi connectivity index (χ0n) is 10.6. The number of imidazole rings is 1. The molecule has 0 saturated carbocycles. The molecule has 0 aliphatic carbocycles. The van der Waals surface area contributed by atoms with Crippen molar-refractivity contribution in [3.05, 3.63) is 47.3 Å². The molecule has 2 rings (SSSR count). The summed E-state index contributed by atoms with van der Waals surface area (Å²) in [6.07, 6.45) is 3.58. The molecule has 0 spiro atoms. The van der Waals surface area contributed by atoms with Gasteiger partial charge in [-0.25, -0.2) is 22.5 Å². The lowest BCUT2D eigenvalue weighted by Gasteiger charge is -2.15. The van der Waals surface area contributed by atoms with Gasteiger partial charge in [0.15, 0.2) is 5.82 Å². The van der Waals surface area contributed by atoms with E-state index in [0.717, 1.165) is 0 Å². The summed E-state index contributed by atoms with van der Waals surface area (Å²) in [5.41, 5.74) is 0. The van der Waals surface area contributed by atoms with Crippen molar-refractivity contribution in [1.29, 1.82) is 0 Å². The lowest BCUT2D eigenvalue weighted by atomic mass is 10.2. The summed E-state index contributed by atoms with van der Waals surface area (Å²) in [7, 11) is -4.02. The molecule has 108 valence electrons. The highest BCUT2D eigenvalue weighted by atomic mass is 35.5. The zero-order chi connectivity index (χ0) is 14.8. The highest BCUT2D eigenvalue weighted by Gasteiger charge is 2.25. The van der Waals surface area contributed by atoms with Crippen LogP contribution in [-0.2, 0) is 10.0 Å². The van der Waals surface area contributed by atoms with E-state index in [4.69, 9.17) is 11.6 Å². The Morgan fingerprint density at radius 3 is 2.85 bits per heavy atom. The molecular formula is C12H13ClFN3O2S. The van der Waals surface area contributed by atoms with E-state index in [1.165, 1.54) is 24.4 Å². The smallest absolute Gasteiger partial charge is 0.244 e. The number of aromatic nitrogens is 2. The van der Waals surface area contributed by atoms with Gasteiger partial charge in [-0.15, -0.1) is 0 Å². The lowest BCUT2D eigenvalue weighted by molar-refractivity contribution is 0.527. The number of halogens is 2. The summed E-state index contributed by atoms with van der Waals surface area (Å²) >= 11 is 5.60. The van der Waals surface area contributed by atoms with Crippen LogP contribution >= 0.6 is 11.6 Å². The molecule has 2 N–H and O–H groups in total. The molecule has 2 aromatic rings. The fourth-order valence-corrected chi connectivity index (χ4v) is 3.36. The van der Waals surface area contributed by atoms with E-state index in [-0.39, 0.29) is 5.02 Å². The van der Waals surface area contributed by atoms with Crippen LogP contribution in [0.5, 0.6) is 0 Å². The molecule has 0 amide bonds. The summed E-state index contributed by atoms with van der Waals surface area (Å²) in [6.45, 7) is 1.80. The van der Waals surface area contributed by atoms with Crippen molar-refractivity contribution >= 4 is 21.6 Å². The van der Waals surface area contributed by atoms with Crippen LogP contribution in [0.1, 0.15) is 25.2 Å². The number of H-pyrrole nitrogens is 1. The molecule has 0 radical (unpaired) electrons. The maximum Gasteiger partial charge on any atom is 0.244 e. The maximum absolute atomic E-state index is 13.8. The first-order valence-corrected chi connectivity index (χ1v) is 7.77. The Bertz CT molecular complexity index is 689. The Morgan fingerprint density at radius 1 is 1.50 bits per heavy atom. The Hall–Kier alpha value is -1.44. The minimum Gasteiger partial charge on any atom is -0.347 e. The van der Waals surface area contributed by atoms with Gasteiger partial charge in [0.2, 0.25) is 10.0 Å². The maximum atomic E-state index is 13.8. The Kier molecular flexibility index (Phi) is 4.42. The molecule has 0 bridgehead atoms. The van der Waals surface area contributed by atoms with Gasteiger partial charge < -0.3 is 4.98 Å². The number of aromatic amines is 1. The van der Waals surface area contributed by atoms with Crippen LogP contribution in [-0.4, -0.2) is 18.4 Å². The first-order valence-electron chi connectivity index (χ1n) is 5.91. The molecule has 8 heteroatoms. The minimum absolute atomic E-state index is 0.237. The molecule has 1 unspecified atom stereocenters. The molecule has 1 atom stereocenters. The fourth-order valence-electron chi connectivity index (χ4n) is 1.74. The highest BCUT2D eigenvalue weighted by Crippen LogP contribution is 2.23. The van der Waals surface area contributed by atoms with E-state index < -0.39 is 26.8 Å². The van der Waals surface area contributed by atoms with Crippen molar-refractivity contribution in [2.24, 2.45) is 0 Å². The summed E-state index contributed by atoms with van der Waals surface area (Å²) in [5.74, 6) is -0.491. The molecule has 1 heterocycles. The number of benzene rings is 1. The Labute approximate surface area is 121 Å². The first kappa shape index (κ1) is 15.0. The third-order valence-corrected chi connectivity index (χ3v) is 4.54. The van der Waals surface area contributed by atoms with E-state index in [9.17, 15) is 12.8 Å². The summed E-state index contributed by atoms with van der Waals surface area (Å²) in [4.78, 5) is 6.36. The van der Waals surface area contributed by atoms with Crippen molar-refractivity contribution in [2.75, 3.05) is 0 Å². The van der Waals surface area contributed by atoms with Crippen molar-refractivity contribution in [3.8, 4) is 0 Å². The van der Waals surface area contributed by atoms with Crippen molar-refractivity contribution in [2.45, 2.75) is 24.3 Å². The van der Waals surface area contributed by atoms with Gasteiger partial charge in [0.1, 0.15) is 10.7 Å². The van der Waals surface area contributed by atoms with Crippen molar-refractivity contribution < 1.29 is 12.8 Å². The Balaban J connectivity index is 2.33. The average molecular weight is 318 g/mol. The largest absolute Gasteiger partial charge is 0.347 e. The van der Waals surface area contributed by atoms with Crippen LogP contribution < -0.4 is 4.72 Å². The quantitative estimate of drug-likeness (QED) is 0.890. The van der Waals surface area contributed by atoms with E-state index in [1.54, 1.807) is 13.1 Å². The second kappa shape index (κ2) is 5.90. The predicted molar refractivity (Wildman–Crippen MR) is 73.4 cm³/mol. The molecule has 1 aromatic carbocycles. The third-order valence-electron chi connectivity index (χ3n) is 2.76. The molecule has 20 heavy (non-hydrogen) atoms. The van der Waals surface area contributed by atoms with Crippen LogP contribution in [0.15, 0.2) is 35.5 Å². The Morgan fingerprint density at radius 2 is 2.25 bits per heavy atom. The first-order chi connectivity index (χ1) is 9.45. The molecule has 5 nitrogen and oxygen atoms in total. The van der Waals surface area contributed by atoms with E-state index in [2.05, 4.69) is 14.7 Å². The minimum atomic E-state index is -4.02. The number of hydrogen-bond acceptors (Lipinski definition) is 3. The normalized spacial score (nSPS) is 13.3. The predicted octanol–water partition coefficient (Wildman–Crippen LogP) is 2.63. The lowest BCUT2D eigenvalue weighted by Crippen LogP contribution is -2.29. The van der Waals surface area contributed by atoms with Crippen LogP contribution in [0.2, 0.25) is 5.02 Å². The van der Waals surface area contributed by atoms with Crippen molar-refractivity contribution in [1.82, 2.24) is 14.7 Å². The summed E-state index contributed by atoms with van der Waals surface area (Å²) < 4.78 is 40.7. The van der Waals surface area contributed by atoms with Gasteiger partial charge in [0.05, 0.1) is 11.1 Å². The molecule has 1 aromatic heterocycles. The average Bonchev–Trinajstić information content (AvgIpc) is 2.93. The second-order valence-corrected chi connectivity index (χ2v) is 6.20. The number of rotatable bonds is 5. The zero-order valence-corrected chi connectivity index (χ0v) is 12.2. The van der Waals surface area contributed by atoms with Crippen LogP contribution in [0.3, 0.4) is 0 Å². The van der Waals surface area contributed by atoms with Gasteiger partial charge >= 0.3 is 0 Å². The SMILES string of the molecule is CCC(NS(=O)(=O)c1cccc(Cl)c1F)c1ncc[nH]1. The van der Waals surface area contributed by atoms with Crippen LogP contribution in [0.4, 0.5) is 4.39 Å². The van der Waals surface area contributed by atoms with Gasteiger partial charge in [-0.3, -0.25) is 0 Å². The fraction of sp³-hybridized carbons (Fsp3) is 0.250. The third kappa shape index (κ3) is 3.00. The number of sulfonamides is 1. The van der Waals surface area contributed by atoms with Gasteiger partial charge in [0.25, 0.3) is 0 Å². The van der Waals surface area contributed by atoms with Crippen molar-refractivity contribution in [3.63, 3.8) is 0 Å². The van der Waals surface area contributed by atoms with Gasteiger partial charge in [-0.2, -0.15) is 0 Å². The van der Waals surface area contributed by atoms with Crippen LogP contribution in [0.25, 0.3) is 0 Å². The van der Waals surface area contributed by atoms with E-state index in [0.29, 0.717) is 12.2 Å². The topological polar surface area (TPSA) is 74.8 Å². The number of nitrogens with one attached hydrogen (secondary N) is 2. The monoisotopic (exact) mass is 317 g/mol. The molecule has 0 aliphatic rings. The van der Waals surface area contributed by atoms with E-state index in [1.807, 2.05) is 0 Å². The second-order valence-electron chi connectivity index (χ2n) is 4.11. The summed E-state index contributed by atoms with van der Waals surface area (Å²) in [5, 5.41) is -0.237. The molecule has 0 aliphatic heterocycles. The molecule has 0 fully saturated rings. The van der Waals surface area contributed by atoms with Crippen LogP contribution in [0, 0.1) is 5.82 Å². The standard InChI is InChI=1S/C12H13ClFN3O2S/c1-2-9(12-15-6-7-16-12)17-20(18,19)10-5-3-4-8(13)11(10)14/h3-7,9,17H,2H2,1H3,(H,15,16). The molecular weight excluding hydrogens is 305 g/mol. The molecule has 0 saturated heterocycles. The summed E-state index contributed by atoms with van der Waals surface area (Å²) in [6, 6.07) is 3.28. The van der Waals surface area contributed by atoms with Gasteiger partial charge in [0, 0.05) is 12.4 Å².